The molecule has 0 fully saturated rings. The Morgan fingerprint density at radius 1 is 1.29 bits per heavy atom. The van der Waals surface area contributed by atoms with E-state index < -0.39 is 5.97 Å². The van der Waals surface area contributed by atoms with Crippen molar-refractivity contribution in [1.82, 2.24) is 15.5 Å². The molecule has 0 radical (unpaired) electrons. The molecule has 0 spiro atoms. The molecule has 0 atom stereocenters. The summed E-state index contributed by atoms with van der Waals surface area (Å²) in [6.07, 6.45) is 0.543. The van der Waals surface area contributed by atoms with E-state index in [2.05, 4.69) is 36.2 Å². The van der Waals surface area contributed by atoms with E-state index >= 15 is 0 Å². The number of benzene rings is 1. The molecular formula is C17H21N3O4. The van der Waals surface area contributed by atoms with Crippen molar-refractivity contribution in [3.63, 3.8) is 0 Å². The molecule has 0 bridgehead atoms. The number of nitrogens with zero attached hydrogens (tertiary/aromatic N) is 2. The number of hydrogen-bond donors (Lipinski definition) is 2. The van der Waals surface area contributed by atoms with Crippen LogP contribution < -0.4 is 5.32 Å². The summed E-state index contributed by atoms with van der Waals surface area (Å²) in [4.78, 5) is 26.9. The average Bonchev–Trinajstić information content (AvgIpc) is 2.93. The fourth-order valence-corrected chi connectivity index (χ4v) is 2.08. The summed E-state index contributed by atoms with van der Waals surface area (Å²) >= 11 is 0. The molecular weight excluding hydrogens is 310 g/mol. The molecule has 128 valence electrons. The van der Waals surface area contributed by atoms with E-state index in [9.17, 15) is 9.59 Å². The van der Waals surface area contributed by atoms with E-state index in [1.165, 1.54) is 0 Å². The summed E-state index contributed by atoms with van der Waals surface area (Å²) in [6.45, 7) is 6.33. The van der Waals surface area contributed by atoms with Crippen molar-refractivity contribution < 1.29 is 19.2 Å². The fourth-order valence-electron chi connectivity index (χ4n) is 2.08. The van der Waals surface area contributed by atoms with Crippen molar-refractivity contribution in [2.45, 2.75) is 33.6 Å². The first-order chi connectivity index (χ1) is 11.2. The lowest BCUT2D eigenvalue weighted by atomic mass is 9.92. The van der Waals surface area contributed by atoms with Crippen molar-refractivity contribution in [2.24, 2.45) is 5.41 Å². The number of aromatic nitrogens is 2. The van der Waals surface area contributed by atoms with Crippen LogP contribution in [0.15, 0.2) is 28.8 Å². The topological polar surface area (TPSA) is 105 Å². The highest BCUT2D eigenvalue weighted by molar-refractivity contribution is 5.95. The Labute approximate surface area is 140 Å². The minimum absolute atomic E-state index is 0.0374. The molecule has 0 saturated heterocycles. The molecule has 2 aromatic rings. The Hall–Kier alpha value is -2.70. The summed E-state index contributed by atoms with van der Waals surface area (Å²) in [6, 6.07) is 6.82. The van der Waals surface area contributed by atoms with E-state index in [-0.39, 0.29) is 24.3 Å². The van der Waals surface area contributed by atoms with Gasteiger partial charge in [0.1, 0.15) is 0 Å². The van der Waals surface area contributed by atoms with Gasteiger partial charge >= 0.3 is 5.97 Å². The first-order valence-electron chi connectivity index (χ1n) is 7.67. The van der Waals surface area contributed by atoms with E-state index in [1.807, 2.05) is 0 Å². The Balaban J connectivity index is 2.10. The Kier molecular flexibility index (Phi) is 5.33. The molecule has 7 nitrogen and oxygen atoms in total. The maximum Gasteiger partial charge on any atom is 0.305 e. The van der Waals surface area contributed by atoms with Gasteiger partial charge in [-0.25, -0.2) is 0 Å². The highest BCUT2D eigenvalue weighted by Gasteiger charge is 2.17. The zero-order valence-electron chi connectivity index (χ0n) is 14.0. The average molecular weight is 331 g/mol. The normalized spacial score (nSPS) is 11.3. The highest BCUT2D eigenvalue weighted by Crippen LogP contribution is 2.22. The van der Waals surface area contributed by atoms with Crippen LogP contribution in [0.5, 0.6) is 0 Å². The summed E-state index contributed by atoms with van der Waals surface area (Å²) in [5.74, 6) is -0.318. The number of nitrogens with one attached hydrogen (secondary N) is 1. The molecule has 0 unspecified atom stereocenters. The number of amides is 1. The van der Waals surface area contributed by atoms with Gasteiger partial charge in [0.25, 0.3) is 5.91 Å². The van der Waals surface area contributed by atoms with Gasteiger partial charge < -0.3 is 14.9 Å². The van der Waals surface area contributed by atoms with Crippen LogP contribution in [0.4, 0.5) is 0 Å². The van der Waals surface area contributed by atoms with Crippen LogP contribution in [0, 0.1) is 5.41 Å². The molecule has 0 aliphatic carbocycles. The lowest BCUT2D eigenvalue weighted by Crippen LogP contribution is -2.25. The van der Waals surface area contributed by atoms with Gasteiger partial charge in [0.15, 0.2) is 0 Å². The molecule has 0 aliphatic rings. The molecule has 7 heteroatoms. The van der Waals surface area contributed by atoms with Gasteiger partial charge in [0.05, 0.1) is 6.42 Å². The fraction of sp³-hybridized carbons (Fsp3) is 0.412. The molecule has 24 heavy (non-hydrogen) atoms. The van der Waals surface area contributed by atoms with Crippen molar-refractivity contribution >= 4 is 11.9 Å². The monoisotopic (exact) mass is 331 g/mol. The number of carboxylic acid groups (broad SMARTS) is 1. The van der Waals surface area contributed by atoms with E-state index in [0.717, 1.165) is 0 Å². The molecule has 1 aromatic carbocycles. The predicted molar refractivity (Wildman–Crippen MR) is 87.5 cm³/mol. The molecule has 1 heterocycles. The summed E-state index contributed by atoms with van der Waals surface area (Å²) in [7, 11) is 0. The number of carboxylic acids is 1. The third kappa shape index (κ3) is 5.19. The van der Waals surface area contributed by atoms with E-state index in [1.54, 1.807) is 24.3 Å². The van der Waals surface area contributed by atoms with Crippen molar-refractivity contribution in [3.8, 4) is 11.4 Å². The quantitative estimate of drug-likeness (QED) is 0.842. The second kappa shape index (κ2) is 7.25. The van der Waals surface area contributed by atoms with Crippen LogP contribution in [-0.4, -0.2) is 33.7 Å². The minimum atomic E-state index is -0.956. The number of carbonyl (C=O) groups excluding carboxylic acids is 1. The minimum Gasteiger partial charge on any atom is -0.481 e. The van der Waals surface area contributed by atoms with Gasteiger partial charge in [-0.05, 0) is 17.5 Å². The SMILES string of the molecule is CC(C)(C)Cc1nc(-c2cccc(C(=O)NCCC(=O)O)c2)no1. The first kappa shape index (κ1) is 17.7. The lowest BCUT2D eigenvalue weighted by Gasteiger charge is -2.13. The van der Waals surface area contributed by atoms with Crippen LogP contribution in [-0.2, 0) is 11.2 Å². The maximum absolute atomic E-state index is 12.0. The number of carbonyl (C=O) groups is 2. The third-order valence-corrected chi connectivity index (χ3v) is 3.16. The highest BCUT2D eigenvalue weighted by atomic mass is 16.5. The van der Waals surface area contributed by atoms with E-state index in [4.69, 9.17) is 9.63 Å². The Morgan fingerprint density at radius 3 is 2.71 bits per heavy atom. The maximum atomic E-state index is 12.0. The standard InChI is InChI=1S/C17H21N3O4/c1-17(2,3)10-13-19-15(20-24-13)11-5-4-6-12(9-11)16(23)18-8-7-14(21)22/h4-6,9H,7-8,10H2,1-3H3,(H,18,23)(H,21,22). The smallest absolute Gasteiger partial charge is 0.305 e. The third-order valence-electron chi connectivity index (χ3n) is 3.16. The molecule has 0 saturated carbocycles. The first-order valence-corrected chi connectivity index (χ1v) is 7.67. The number of aliphatic carboxylic acids is 1. The molecule has 2 rings (SSSR count). The predicted octanol–water partition coefficient (Wildman–Crippen LogP) is 2.53. The Morgan fingerprint density at radius 2 is 2.04 bits per heavy atom. The van der Waals surface area contributed by atoms with Crippen molar-refractivity contribution in [1.29, 1.82) is 0 Å². The van der Waals surface area contributed by atoms with Crippen LogP contribution in [0.1, 0.15) is 43.4 Å². The number of rotatable bonds is 6. The lowest BCUT2D eigenvalue weighted by molar-refractivity contribution is -0.136. The van der Waals surface area contributed by atoms with Crippen LogP contribution >= 0.6 is 0 Å². The Bertz CT molecular complexity index is 731. The zero-order valence-corrected chi connectivity index (χ0v) is 14.0. The van der Waals surface area contributed by atoms with Crippen molar-refractivity contribution in [3.05, 3.63) is 35.7 Å². The largest absolute Gasteiger partial charge is 0.481 e. The van der Waals surface area contributed by atoms with Crippen LogP contribution in [0.25, 0.3) is 11.4 Å². The van der Waals surface area contributed by atoms with Crippen molar-refractivity contribution in [2.75, 3.05) is 6.54 Å². The molecule has 0 aliphatic heterocycles. The summed E-state index contributed by atoms with van der Waals surface area (Å²) in [5.41, 5.74) is 1.13. The summed E-state index contributed by atoms with van der Waals surface area (Å²) < 4.78 is 5.26. The second-order valence-electron chi connectivity index (χ2n) is 6.73. The van der Waals surface area contributed by atoms with Gasteiger partial charge in [-0.3, -0.25) is 9.59 Å². The van der Waals surface area contributed by atoms with E-state index in [0.29, 0.717) is 29.3 Å². The van der Waals surface area contributed by atoms with Crippen LogP contribution in [0.3, 0.4) is 0 Å². The molecule has 1 aromatic heterocycles. The summed E-state index contributed by atoms with van der Waals surface area (Å²) in [5, 5.41) is 15.1. The molecule has 1 amide bonds. The zero-order chi connectivity index (χ0) is 17.7. The van der Waals surface area contributed by atoms with Crippen LogP contribution in [0.2, 0.25) is 0 Å². The second-order valence-corrected chi connectivity index (χ2v) is 6.73. The number of hydrogen-bond acceptors (Lipinski definition) is 5. The van der Waals surface area contributed by atoms with Gasteiger partial charge in [0.2, 0.25) is 11.7 Å². The van der Waals surface area contributed by atoms with Gasteiger partial charge in [-0.15, -0.1) is 0 Å². The van der Waals surface area contributed by atoms with Gasteiger partial charge in [-0.1, -0.05) is 38.1 Å². The van der Waals surface area contributed by atoms with Gasteiger partial charge in [0, 0.05) is 24.1 Å². The van der Waals surface area contributed by atoms with Gasteiger partial charge in [-0.2, -0.15) is 4.98 Å². The molecule has 2 N–H and O–H groups in total.